The van der Waals surface area contributed by atoms with Gasteiger partial charge in [0.05, 0.1) is 12.9 Å². The van der Waals surface area contributed by atoms with Crippen molar-refractivity contribution >= 4 is 21.4 Å². The Balaban J connectivity index is 2.49. The molecule has 1 rings (SSSR count). The van der Waals surface area contributed by atoms with Crippen molar-refractivity contribution in [3.8, 4) is 5.75 Å². The van der Waals surface area contributed by atoms with E-state index in [-0.39, 0.29) is 5.75 Å². The summed E-state index contributed by atoms with van der Waals surface area (Å²) in [4.78, 5) is 0. The second-order valence-electron chi connectivity index (χ2n) is 3.64. The zero-order chi connectivity index (χ0) is 12.9. The van der Waals surface area contributed by atoms with E-state index in [1.54, 1.807) is 25.3 Å². The molecule has 0 spiro atoms. The van der Waals surface area contributed by atoms with Gasteiger partial charge in [0.2, 0.25) is 10.0 Å². The van der Waals surface area contributed by atoms with Gasteiger partial charge in [-0.2, -0.15) is 0 Å². The van der Waals surface area contributed by atoms with E-state index in [1.807, 2.05) is 0 Å². The van der Waals surface area contributed by atoms with E-state index in [2.05, 4.69) is 5.32 Å². The topological polar surface area (TPSA) is 107 Å². The summed E-state index contributed by atoms with van der Waals surface area (Å²) in [5.41, 5.74) is 7.04. The lowest BCUT2D eigenvalue weighted by molar-refractivity contribution is 0.415. The molecule has 0 unspecified atom stereocenters. The van der Waals surface area contributed by atoms with Crippen molar-refractivity contribution in [2.75, 3.05) is 30.5 Å². The monoisotopic (exact) mass is 259 g/mol. The predicted molar refractivity (Wildman–Crippen MR) is 68.5 cm³/mol. The number of methoxy groups -OCH3 is 1. The summed E-state index contributed by atoms with van der Waals surface area (Å²) < 4.78 is 26.5. The Bertz CT molecular complexity index is 474. The number of nitrogen functional groups attached to an aromatic ring is 1. The highest BCUT2D eigenvalue weighted by Gasteiger charge is 2.02. The first-order chi connectivity index (χ1) is 7.90. The van der Waals surface area contributed by atoms with Gasteiger partial charge in [0.15, 0.2) is 0 Å². The van der Waals surface area contributed by atoms with E-state index in [9.17, 15) is 8.42 Å². The second kappa shape index (κ2) is 5.74. The van der Waals surface area contributed by atoms with Gasteiger partial charge in [0.1, 0.15) is 5.75 Å². The lowest BCUT2D eigenvalue weighted by Gasteiger charge is -2.09. The van der Waals surface area contributed by atoms with Gasteiger partial charge in [-0.05, 0) is 12.5 Å². The van der Waals surface area contributed by atoms with Gasteiger partial charge in [-0.25, -0.2) is 13.6 Å². The molecular weight excluding hydrogens is 242 g/mol. The molecule has 0 aliphatic carbocycles. The number of rotatable bonds is 6. The summed E-state index contributed by atoms with van der Waals surface area (Å²) in [6.07, 6.45) is 0.440. The van der Waals surface area contributed by atoms with Crippen LogP contribution in [0.15, 0.2) is 18.2 Å². The molecule has 0 atom stereocenters. The van der Waals surface area contributed by atoms with Crippen molar-refractivity contribution in [2.24, 2.45) is 5.14 Å². The molecule has 0 amide bonds. The zero-order valence-corrected chi connectivity index (χ0v) is 10.5. The first-order valence-corrected chi connectivity index (χ1v) is 6.81. The van der Waals surface area contributed by atoms with Crippen molar-refractivity contribution in [2.45, 2.75) is 6.42 Å². The average Bonchev–Trinajstić information content (AvgIpc) is 2.22. The van der Waals surface area contributed by atoms with Crippen LogP contribution >= 0.6 is 0 Å². The molecule has 96 valence electrons. The molecule has 17 heavy (non-hydrogen) atoms. The lowest BCUT2D eigenvalue weighted by Crippen LogP contribution is -2.18. The van der Waals surface area contributed by atoms with Gasteiger partial charge in [0.25, 0.3) is 0 Å². The largest absolute Gasteiger partial charge is 0.497 e. The molecule has 6 nitrogen and oxygen atoms in total. The number of sulfonamides is 1. The summed E-state index contributed by atoms with van der Waals surface area (Å²) in [5.74, 6) is 0.610. The van der Waals surface area contributed by atoms with Crippen LogP contribution in [0.3, 0.4) is 0 Å². The van der Waals surface area contributed by atoms with Crippen molar-refractivity contribution in [1.82, 2.24) is 0 Å². The summed E-state index contributed by atoms with van der Waals surface area (Å²) in [6, 6.07) is 5.24. The van der Waals surface area contributed by atoms with E-state index in [1.165, 1.54) is 0 Å². The van der Waals surface area contributed by atoms with E-state index < -0.39 is 10.0 Å². The third kappa shape index (κ3) is 5.41. The van der Waals surface area contributed by atoms with Gasteiger partial charge in [-0.1, -0.05) is 0 Å². The normalized spacial score (nSPS) is 11.2. The maximum absolute atomic E-state index is 10.7. The Morgan fingerprint density at radius 3 is 2.65 bits per heavy atom. The third-order valence-corrected chi connectivity index (χ3v) is 2.96. The van der Waals surface area contributed by atoms with Gasteiger partial charge >= 0.3 is 0 Å². The number of primary sulfonamides is 1. The summed E-state index contributed by atoms with van der Waals surface area (Å²) in [5, 5.41) is 7.94. The molecule has 5 N–H and O–H groups in total. The van der Waals surface area contributed by atoms with E-state index >= 15 is 0 Å². The van der Waals surface area contributed by atoms with E-state index in [0.29, 0.717) is 24.4 Å². The maximum atomic E-state index is 10.7. The molecule has 7 heteroatoms. The lowest BCUT2D eigenvalue weighted by atomic mass is 10.2. The molecule has 0 saturated carbocycles. The van der Waals surface area contributed by atoms with Gasteiger partial charge in [0, 0.05) is 30.1 Å². The van der Waals surface area contributed by atoms with Crippen LogP contribution in [0.2, 0.25) is 0 Å². The van der Waals surface area contributed by atoms with Crippen molar-refractivity contribution in [3.63, 3.8) is 0 Å². The van der Waals surface area contributed by atoms with E-state index in [0.717, 1.165) is 5.69 Å². The molecule has 0 saturated heterocycles. The van der Waals surface area contributed by atoms with Gasteiger partial charge in [-0.3, -0.25) is 0 Å². The molecule has 0 heterocycles. The number of hydrogen-bond donors (Lipinski definition) is 3. The Morgan fingerprint density at radius 1 is 1.35 bits per heavy atom. The molecule has 0 radical (unpaired) electrons. The predicted octanol–water partition coefficient (Wildman–Crippen LogP) is 0.368. The molecular formula is C10H17N3O3S. The summed E-state index contributed by atoms with van der Waals surface area (Å²) in [7, 11) is -1.83. The Kier molecular flexibility index (Phi) is 4.59. The number of ether oxygens (including phenoxy) is 1. The van der Waals surface area contributed by atoms with Crippen LogP contribution in [0.5, 0.6) is 5.75 Å². The Labute approximate surface area is 101 Å². The molecule has 0 bridgehead atoms. The highest BCUT2D eigenvalue weighted by atomic mass is 32.2. The van der Waals surface area contributed by atoms with Crippen LogP contribution in [-0.2, 0) is 10.0 Å². The molecule has 0 aromatic heterocycles. The number of benzene rings is 1. The van der Waals surface area contributed by atoms with Crippen LogP contribution in [0, 0.1) is 0 Å². The SMILES string of the molecule is COc1cc(N)cc(NCCCS(N)(=O)=O)c1. The minimum atomic E-state index is -3.39. The fourth-order valence-electron chi connectivity index (χ4n) is 1.35. The van der Waals surface area contributed by atoms with Crippen LogP contribution in [-0.4, -0.2) is 27.8 Å². The quantitative estimate of drug-likeness (QED) is 0.505. The Morgan fingerprint density at radius 2 is 2.06 bits per heavy atom. The van der Waals surface area contributed by atoms with Crippen molar-refractivity contribution in [3.05, 3.63) is 18.2 Å². The summed E-state index contributed by atoms with van der Waals surface area (Å²) in [6.45, 7) is 0.503. The zero-order valence-electron chi connectivity index (χ0n) is 9.64. The molecule has 1 aromatic rings. The first kappa shape index (κ1) is 13.6. The molecule has 0 aliphatic heterocycles. The van der Waals surface area contributed by atoms with Crippen LogP contribution in [0.1, 0.15) is 6.42 Å². The molecule has 0 aliphatic rings. The fraction of sp³-hybridized carbons (Fsp3) is 0.400. The minimum absolute atomic E-state index is 0.0422. The molecule has 0 fully saturated rings. The third-order valence-electron chi connectivity index (χ3n) is 2.10. The van der Waals surface area contributed by atoms with Gasteiger partial charge < -0.3 is 15.8 Å². The van der Waals surface area contributed by atoms with Gasteiger partial charge in [-0.15, -0.1) is 0 Å². The van der Waals surface area contributed by atoms with Crippen molar-refractivity contribution in [1.29, 1.82) is 0 Å². The average molecular weight is 259 g/mol. The van der Waals surface area contributed by atoms with E-state index in [4.69, 9.17) is 15.6 Å². The molecule has 1 aromatic carbocycles. The highest BCUT2D eigenvalue weighted by molar-refractivity contribution is 7.89. The number of nitrogens with one attached hydrogen (secondary N) is 1. The smallest absolute Gasteiger partial charge is 0.209 e. The maximum Gasteiger partial charge on any atom is 0.209 e. The first-order valence-electron chi connectivity index (χ1n) is 5.09. The summed E-state index contributed by atoms with van der Waals surface area (Å²) >= 11 is 0. The highest BCUT2D eigenvalue weighted by Crippen LogP contribution is 2.21. The fourth-order valence-corrected chi connectivity index (χ4v) is 1.89. The second-order valence-corrected chi connectivity index (χ2v) is 5.38. The standard InChI is InChI=1S/C10H17N3O3S/c1-16-10-6-8(11)5-9(7-10)13-3-2-4-17(12,14)15/h5-7,13H,2-4,11H2,1H3,(H2,12,14,15). The number of hydrogen-bond acceptors (Lipinski definition) is 5. The van der Waals surface area contributed by atoms with Crippen LogP contribution in [0.25, 0.3) is 0 Å². The van der Waals surface area contributed by atoms with Crippen LogP contribution in [0.4, 0.5) is 11.4 Å². The number of nitrogens with two attached hydrogens (primary N) is 2. The van der Waals surface area contributed by atoms with Crippen molar-refractivity contribution < 1.29 is 13.2 Å². The Hall–Kier alpha value is -1.47. The van der Waals surface area contributed by atoms with Crippen LogP contribution < -0.4 is 20.9 Å². The number of anilines is 2. The minimum Gasteiger partial charge on any atom is -0.497 e.